The van der Waals surface area contributed by atoms with Crippen LogP contribution in [0.1, 0.15) is 6.42 Å². The van der Waals surface area contributed by atoms with E-state index in [0.717, 1.165) is 5.75 Å². The summed E-state index contributed by atoms with van der Waals surface area (Å²) in [6.07, 6.45) is 2.43. The lowest BCUT2D eigenvalue weighted by Gasteiger charge is -1.84. The van der Waals surface area contributed by atoms with Gasteiger partial charge in [-0.05, 0) is 5.75 Å². The van der Waals surface area contributed by atoms with Gasteiger partial charge in [0.15, 0.2) is 0 Å². The average Bonchev–Trinajstić information content (AvgIpc) is 1.61. The van der Waals surface area contributed by atoms with Gasteiger partial charge in [-0.2, -0.15) is 12.6 Å². The zero-order valence-electron chi connectivity index (χ0n) is 4.15. The second kappa shape index (κ2) is 5.41. The van der Waals surface area contributed by atoms with Crippen molar-refractivity contribution in [3.63, 3.8) is 0 Å². The number of hydrogen-bond donors (Lipinski definition) is 1. The van der Waals surface area contributed by atoms with Crippen molar-refractivity contribution in [3.05, 3.63) is 0 Å². The highest BCUT2D eigenvalue weighted by atomic mass is 32.1. The molecule has 0 aliphatic carbocycles. The van der Waals surface area contributed by atoms with Crippen molar-refractivity contribution in [2.75, 3.05) is 5.75 Å². The molecule has 0 aromatic rings. The Kier molecular flexibility index (Phi) is 5.79. The van der Waals surface area contributed by atoms with E-state index in [1.807, 2.05) is 0 Å². The molecule has 0 heterocycles. The van der Waals surface area contributed by atoms with Gasteiger partial charge >= 0.3 is 0 Å². The minimum atomic E-state index is 1.02. The summed E-state index contributed by atoms with van der Waals surface area (Å²) in [5, 5.41) is 0. The first kappa shape index (κ1) is 6.41. The van der Waals surface area contributed by atoms with E-state index in [2.05, 4.69) is 26.7 Å². The molecule has 0 N–H and O–H groups in total. The molecule has 0 rings (SSSR count). The highest BCUT2D eigenvalue weighted by Gasteiger charge is 1.77. The molecule has 0 aliphatic rings. The summed E-state index contributed by atoms with van der Waals surface area (Å²) in [6.45, 7) is 2.07. The maximum absolute atomic E-state index is 4.03. The van der Waals surface area contributed by atoms with Crippen molar-refractivity contribution in [2.24, 2.45) is 0 Å². The fourth-order valence-corrected chi connectivity index (χ4v) is 0.478. The Morgan fingerprint density at radius 3 is 2.50 bits per heavy atom. The monoisotopic (exact) mass is 101 g/mol. The van der Waals surface area contributed by atoms with E-state index >= 15 is 0 Å². The Hall–Kier alpha value is 0.415. The summed E-state index contributed by atoms with van der Waals surface area (Å²) in [6, 6.07) is 0. The van der Waals surface area contributed by atoms with Gasteiger partial charge in [-0.3, -0.25) is 0 Å². The smallest absolute Gasteiger partial charge is 0.105 e. The van der Waals surface area contributed by atoms with Crippen LogP contribution in [0.3, 0.4) is 0 Å². The first-order chi connectivity index (χ1) is 2.91. The molecule has 0 nitrogen and oxygen atoms in total. The van der Waals surface area contributed by atoms with E-state index in [1.54, 1.807) is 0 Å². The molecule has 0 atom stereocenters. The van der Waals surface area contributed by atoms with Gasteiger partial charge in [0.25, 0.3) is 0 Å². The fourth-order valence-electron chi connectivity index (χ4n) is 0.295. The fraction of sp³-hybridized carbons (Fsp3) is 1.00. The zero-order chi connectivity index (χ0) is 4.83. The summed E-state index contributed by atoms with van der Waals surface area (Å²) in [4.78, 5) is 0. The van der Waals surface area contributed by atoms with Gasteiger partial charge in [0.2, 0.25) is 0 Å². The molecule has 35 valence electrons. The van der Waals surface area contributed by atoms with E-state index in [9.17, 15) is 0 Å². The van der Waals surface area contributed by atoms with Crippen LogP contribution in [-0.4, -0.2) is 13.0 Å². The van der Waals surface area contributed by atoms with E-state index in [0.29, 0.717) is 0 Å². The van der Waals surface area contributed by atoms with Gasteiger partial charge in [-0.15, -0.1) is 0 Å². The van der Waals surface area contributed by atoms with Crippen LogP contribution in [0.2, 0.25) is 13.1 Å². The van der Waals surface area contributed by atoms with Gasteiger partial charge < -0.3 is 0 Å². The SMILES string of the molecule is C[B]CCCS. The molecule has 0 aromatic carbocycles. The molecule has 0 unspecified atom stereocenters. The van der Waals surface area contributed by atoms with Crippen molar-refractivity contribution in [3.8, 4) is 0 Å². The number of thiol groups is 1. The van der Waals surface area contributed by atoms with Gasteiger partial charge in [-0.1, -0.05) is 19.6 Å². The van der Waals surface area contributed by atoms with E-state index in [1.165, 1.54) is 12.7 Å². The summed E-state index contributed by atoms with van der Waals surface area (Å²) >= 11 is 4.03. The third-order valence-electron chi connectivity index (χ3n) is 0.651. The number of hydrogen-bond acceptors (Lipinski definition) is 1. The van der Waals surface area contributed by atoms with Crippen LogP contribution in [-0.2, 0) is 0 Å². The summed E-state index contributed by atoms with van der Waals surface area (Å²) in [5.41, 5.74) is 0. The van der Waals surface area contributed by atoms with Crippen LogP contribution in [0.25, 0.3) is 0 Å². The minimum absolute atomic E-state index is 1.02. The highest BCUT2D eigenvalue weighted by molar-refractivity contribution is 7.80. The lowest BCUT2D eigenvalue weighted by atomic mass is 9.77. The van der Waals surface area contributed by atoms with Gasteiger partial charge in [0, 0.05) is 0 Å². The van der Waals surface area contributed by atoms with Crippen molar-refractivity contribution in [2.45, 2.75) is 19.6 Å². The predicted molar refractivity (Wildman–Crippen MR) is 34.9 cm³/mol. The second-order valence-corrected chi connectivity index (χ2v) is 1.72. The van der Waals surface area contributed by atoms with Crippen LogP contribution < -0.4 is 0 Å². The summed E-state index contributed by atoms with van der Waals surface area (Å²) in [7, 11) is 2.16. The van der Waals surface area contributed by atoms with Crippen LogP contribution >= 0.6 is 12.6 Å². The second-order valence-electron chi connectivity index (χ2n) is 1.27. The Labute approximate surface area is 46.0 Å². The maximum Gasteiger partial charge on any atom is 0.105 e. The molecule has 0 spiro atoms. The Morgan fingerprint density at radius 1 is 1.67 bits per heavy atom. The highest BCUT2D eigenvalue weighted by Crippen LogP contribution is 1.88. The Bertz CT molecular complexity index is 19.5. The summed E-state index contributed by atoms with van der Waals surface area (Å²) in [5.74, 6) is 1.02. The average molecular weight is 101 g/mol. The lowest BCUT2D eigenvalue weighted by molar-refractivity contribution is 1.10. The normalized spacial score (nSPS) is 8.33. The molecule has 0 saturated heterocycles. The zero-order valence-corrected chi connectivity index (χ0v) is 5.04. The Balaban J connectivity index is 2.34. The molecular weight excluding hydrogens is 90.9 g/mol. The first-order valence-corrected chi connectivity index (χ1v) is 2.93. The number of rotatable bonds is 3. The molecular formula is C4H10BS. The standard InChI is InChI=1S/C4H10BS/c1-5-3-2-4-6/h6H,2-4H2,1H3. The van der Waals surface area contributed by atoms with Crippen molar-refractivity contribution in [1.82, 2.24) is 0 Å². The van der Waals surface area contributed by atoms with Crippen LogP contribution in [0, 0.1) is 0 Å². The maximum atomic E-state index is 4.03. The van der Waals surface area contributed by atoms with Gasteiger partial charge in [0.05, 0.1) is 0 Å². The molecule has 0 bridgehead atoms. The molecule has 6 heavy (non-hydrogen) atoms. The minimum Gasteiger partial charge on any atom is -0.179 e. The molecule has 2 heteroatoms. The summed E-state index contributed by atoms with van der Waals surface area (Å²) < 4.78 is 0. The predicted octanol–water partition coefficient (Wildman–Crippen LogP) is 1.48. The molecule has 0 saturated carbocycles. The van der Waals surface area contributed by atoms with Crippen molar-refractivity contribution >= 4 is 19.9 Å². The van der Waals surface area contributed by atoms with E-state index < -0.39 is 0 Å². The first-order valence-electron chi connectivity index (χ1n) is 2.30. The van der Waals surface area contributed by atoms with Crippen LogP contribution in [0.4, 0.5) is 0 Å². The third-order valence-corrected chi connectivity index (χ3v) is 0.967. The largest absolute Gasteiger partial charge is 0.179 e. The molecule has 0 aromatic heterocycles. The van der Waals surface area contributed by atoms with Gasteiger partial charge in [-0.25, -0.2) is 0 Å². The quantitative estimate of drug-likeness (QED) is 0.310. The van der Waals surface area contributed by atoms with Crippen molar-refractivity contribution in [1.29, 1.82) is 0 Å². The third kappa shape index (κ3) is 4.41. The van der Waals surface area contributed by atoms with Crippen LogP contribution in [0.15, 0.2) is 0 Å². The lowest BCUT2D eigenvalue weighted by Crippen LogP contribution is -1.79. The molecule has 0 fully saturated rings. The van der Waals surface area contributed by atoms with E-state index in [4.69, 9.17) is 0 Å². The van der Waals surface area contributed by atoms with Crippen LogP contribution in [0.5, 0.6) is 0 Å². The topological polar surface area (TPSA) is 0 Å². The van der Waals surface area contributed by atoms with Crippen molar-refractivity contribution < 1.29 is 0 Å². The van der Waals surface area contributed by atoms with Gasteiger partial charge in [0.1, 0.15) is 7.28 Å². The molecule has 0 amide bonds. The molecule has 1 radical (unpaired) electrons. The van der Waals surface area contributed by atoms with E-state index in [-0.39, 0.29) is 0 Å². The Morgan fingerprint density at radius 2 is 2.33 bits per heavy atom. The molecule has 0 aliphatic heterocycles.